The number of unbranched alkanes of at least 4 members (excludes halogenated alkanes) is 15. The second-order valence-corrected chi connectivity index (χ2v) is 14.9. The zero-order chi connectivity index (χ0) is 28.3. The van der Waals surface area contributed by atoms with Crippen LogP contribution in [0.1, 0.15) is 177 Å². The second-order valence-electron chi connectivity index (χ2n) is 14.9. The molecule has 2 aliphatic rings. The zero-order valence-corrected chi connectivity index (χ0v) is 27.0. The lowest BCUT2D eigenvalue weighted by molar-refractivity contribution is -0.168. The van der Waals surface area contributed by atoms with Gasteiger partial charge in [0.2, 0.25) is 0 Å². The summed E-state index contributed by atoms with van der Waals surface area (Å²) in [4.78, 5) is 16.2. The van der Waals surface area contributed by atoms with Crippen molar-refractivity contribution in [1.82, 2.24) is 10.2 Å². The van der Waals surface area contributed by atoms with Crippen molar-refractivity contribution in [1.29, 1.82) is 0 Å². The smallest absolute Gasteiger partial charge is 0.257 e. The van der Waals surface area contributed by atoms with Gasteiger partial charge in [0.25, 0.3) is 5.91 Å². The minimum atomic E-state index is -0.697. The number of ether oxygens (including phenoxy) is 1. The largest absolute Gasteiger partial charge is 0.339 e. The molecule has 4 heteroatoms. The lowest BCUT2D eigenvalue weighted by Gasteiger charge is -2.50. The molecule has 1 N–H and O–H groups in total. The van der Waals surface area contributed by atoms with Crippen molar-refractivity contribution in [3.63, 3.8) is 0 Å². The fourth-order valence-electron chi connectivity index (χ4n) is 7.76. The van der Waals surface area contributed by atoms with Gasteiger partial charge in [-0.15, -0.1) is 0 Å². The number of rotatable bonds is 19. The Morgan fingerprint density at radius 1 is 0.711 bits per heavy atom. The summed E-state index contributed by atoms with van der Waals surface area (Å²) < 4.78 is 6.90. The predicted molar refractivity (Wildman–Crippen MR) is 163 cm³/mol. The lowest BCUT2D eigenvalue weighted by Crippen LogP contribution is -2.65. The quantitative estimate of drug-likeness (QED) is 0.168. The van der Waals surface area contributed by atoms with E-state index in [0.717, 1.165) is 32.2 Å². The Labute approximate surface area is 237 Å². The molecule has 2 heterocycles. The zero-order valence-electron chi connectivity index (χ0n) is 27.0. The molecule has 224 valence electrons. The molecule has 0 aromatic rings. The highest BCUT2D eigenvalue weighted by Gasteiger charge is 2.63. The molecule has 0 aromatic heterocycles. The Kier molecular flexibility index (Phi) is 13.6. The van der Waals surface area contributed by atoms with Gasteiger partial charge in [0, 0.05) is 30.5 Å². The molecule has 38 heavy (non-hydrogen) atoms. The predicted octanol–water partition coefficient (Wildman–Crippen LogP) is 9.55. The molecule has 0 aliphatic carbocycles. The number of hydrogen-bond acceptors (Lipinski definition) is 3. The standard InChI is InChI=1S/C34H66N2O2/c1-9-10-11-12-13-14-15-16-17-18-19-20-21-22-23-24-25-36-30(37)34(38-33(36,8)26-29(2)3)27-31(4,5)35-32(6,7)28-34/h29,35H,9-28H2,1-8H3. The van der Waals surface area contributed by atoms with E-state index in [-0.39, 0.29) is 17.0 Å². The molecular formula is C34H66N2O2. The van der Waals surface area contributed by atoms with E-state index in [0.29, 0.717) is 5.92 Å². The van der Waals surface area contributed by atoms with Gasteiger partial charge >= 0.3 is 0 Å². The van der Waals surface area contributed by atoms with E-state index in [2.05, 4.69) is 65.6 Å². The van der Waals surface area contributed by atoms with Gasteiger partial charge in [-0.3, -0.25) is 4.79 Å². The number of carbonyl (C=O) groups is 1. The normalized spacial score (nSPS) is 24.1. The van der Waals surface area contributed by atoms with Gasteiger partial charge in [-0.05, 0) is 53.4 Å². The van der Waals surface area contributed by atoms with Crippen LogP contribution in [-0.2, 0) is 9.53 Å². The van der Waals surface area contributed by atoms with Crippen molar-refractivity contribution in [2.75, 3.05) is 6.54 Å². The SMILES string of the molecule is CCCCCCCCCCCCCCCCCCN1C(=O)C2(CC(C)(C)NC(C)(C)C2)OC1(C)CC(C)C. The van der Waals surface area contributed by atoms with Crippen LogP contribution in [0.4, 0.5) is 0 Å². The molecule has 2 rings (SSSR count). The average Bonchev–Trinajstić information content (AvgIpc) is 2.95. The highest BCUT2D eigenvalue weighted by atomic mass is 16.6. The van der Waals surface area contributed by atoms with E-state index in [1.165, 1.54) is 96.3 Å². The molecule has 0 bridgehead atoms. The van der Waals surface area contributed by atoms with Crippen LogP contribution in [0.25, 0.3) is 0 Å². The summed E-state index contributed by atoms with van der Waals surface area (Å²) in [6.45, 7) is 18.6. The fourth-order valence-corrected chi connectivity index (χ4v) is 7.76. The second kappa shape index (κ2) is 15.4. The first-order valence-electron chi connectivity index (χ1n) is 16.7. The molecule has 0 aromatic carbocycles. The molecule has 2 aliphatic heterocycles. The maximum absolute atomic E-state index is 14.0. The van der Waals surface area contributed by atoms with Gasteiger partial charge in [0.1, 0.15) is 5.72 Å². The maximum Gasteiger partial charge on any atom is 0.257 e. The Morgan fingerprint density at radius 3 is 1.50 bits per heavy atom. The maximum atomic E-state index is 14.0. The monoisotopic (exact) mass is 535 g/mol. The van der Waals surface area contributed by atoms with Gasteiger partial charge in [0.15, 0.2) is 5.60 Å². The van der Waals surface area contributed by atoms with Crippen molar-refractivity contribution in [3.05, 3.63) is 0 Å². The number of hydrogen-bond donors (Lipinski definition) is 1. The Bertz CT molecular complexity index is 670. The molecule has 0 radical (unpaired) electrons. The molecule has 1 atom stereocenters. The van der Waals surface area contributed by atoms with Gasteiger partial charge in [0.05, 0.1) is 0 Å². The van der Waals surface area contributed by atoms with Crippen molar-refractivity contribution in [2.24, 2.45) is 5.92 Å². The van der Waals surface area contributed by atoms with Crippen LogP contribution in [0.5, 0.6) is 0 Å². The van der Waals surface area contributed by atoms with Crippen LogP contribution in [-0.4, -0.2) is 39.8 Å². The van der Waals surface area contributed by atoms with Gasteiger partial charge in [-0.2, -0.15) is 0 Å². The van der Waals surface area contributed by atoms with E-state index >= 15 is 0 Å². The van der Waals surface area contributed by atoms with E-state index in [1.807, 2.05) is 0 Å². The first-order chi connectivity index (χ1) is 17.8. The van der Waals surface area contributed by atoms with E-state index in [4.69, 9.17) is 4.74 Å². The van der Waals surface area contributed by atoms with Crippen LogP contribution in [0.3, 0.4) is 0 Å². The van der Waals surface area contributed by atoms with Crippen LogP contribution >= 0.6 is 0 Å². The fraction of sp³-hybridized carbons (Fsp3) is 0.971. The van der Waals surface area contributed by atoms with Gasteiger partial charge in [-0.25, -0.2) is 0 Å². The van der Waals surface area contributed by atoms with E-state index in [1.54, 1.807) is 0 Å². The minimum Gasteiger partial charge on any atom is -0.339 e. The highest BCUT2D eigenvalue weighted by molar-refractivity contribution is 5.88. The molecule has 4 nitrogen and oxygen atoms in total. The van der Waals surface area contributed by atoms with Crippen molar-refractivity contribution < 1.29 is 9.53 Å². The third-order valence-electron chi connectivity index (χ3n) is 8.78. The Hall–Kier alpha value is -0.610. The topological polar surface area (TPSA) is 41.6 Å². The minimum absolute atomic E-state index is 0.125. The number of nitrogens with zero attached hydrogens (tertiary/aromatic N) is 1. The van der Waals surface area contributed by atoms with Crippen LogP contribution in [0, 0.1) is 5.92 Å². The number of piperidine rings is 1. The van der Waals surface area contributed by atoms with E-state index in [9.17, 15) is 4.79 Å². The third-order valence-corrected chi connectivity index (χ3v) is 8.78. The molecular weight excluding hydrogens is 468 g/mol. The van der Waals surface area contributed by atoms with Gasteiger partial charge in [-0.1, -0.05) is 117 Å². The molecule has 1 spiro atoms. The Morgan fingerprint density at radius 2 is 1.11 bits per heavy atom. The number of amides is 1. The first kappa shape index (κ1) is 33.6. The van der Waals surface area contributed by atoms with Crippen molar-refractivity contribution in [2.45, 2.75) is 200 Å². The summed E-state index contributed by atoms with van der Waals surface area (Å²) in [6.07, 6.45) is 24.3. The van der Waals surface area contributed by atoms with Crippen LogP contribution in [0.2, 0.25) is 0 Å². The third kappa shape index (κ3) is 10.8. The Balaban J connectivity index is 1.69. The van der Waals surface area contributed by atoms with Crippen LogP contribution in [0.15, 0.2) is 0 Å². The number of nitrogens with one attached hydrogen (secondary N) is 1. The highest BCUT2D eigenvalue weighted by Crippen LogP contribution is 2.49. The summed E-state index contributed by atoms with van der Waals surface area (Å²) in [7, 11) is 0. The summed E-state index contributed by atoms with van der Waals surface area (Å²) in [5.74, 6) is 0.725. The van der Waals surface area contributed by atoms with Gasteiger partial charge < -0.3 is 15.0 Å². The van der Waals surface area contributed by atoms with Crippen molar-refractivity contribution in [3.8, 4) is 0 Å². The molecule has 2 saturated heterocycles. The van der Waals surface area contributed by atoms with E-state index < -0.39 is 11.3 Å². The first-order valence-corrected chi connectivity index (χ1v) is 16.7. The molecule has 2 fully saturated rings. The average molecular weight is 535 g/mol. The summed E-state index contributed by atoms with van der Waals surface area (Å²) in [6, 6.07) is 0. The summed E-state index contributed by atoms with van der Waals surface area (Å²) >= 11 is 0. The van der Waals surface area contributed by atoms with Crippen LogP contribution < -0.4 is 5.32 Å². The number of carbonyl (C=O) groups excluding carboxylic acids is 1. The summed E-state index contributed by atoms with van der Waals surface area (Å²) in [5, 5.41) is 3.74. The summed E-state index contributed by atoms with van der Waals surface area (Å²) in [5.41, 5.74) is -1.44. The molecule has 0 saturated carbocycles. The van der Waals surface area contributed by atoms with Crippen molar-refractivity contribution >= 4 is 5.91 Å². The lowest BCUT2D eigenvalue weighted by atomic mass is 9.72. The molecule has 1 amide bonds. The molecule has 1 unspecified atom stereocenters.